The van der Waals surface area contributed by atoms with Crippen molar-refractivity contribution < 1.29 is 4.74 Å². The molecule has 126 valence electrons. The quantitative estimate of drug-likeness (QED) is 0.494. The average molecular weight is 338 g/mol. The zero-order chi connectivity index (χ0) is 17.5. The van der Waals surface area contributed by atoms with Crippen LogP contribution in [0.4, 0.5) is 0 Å². The van der Waals surface area contributed by atoms with E-state index in [0.717, 1.165) is 33.8 Å². The Labute approximate surface area is 152 Å². The number of hydrogen-bond acceptors (Lipinski definition) is 2. The first-order chi connectivity index (χ1) is 12.8. The van der Waals surface area contributed by atoms with Crippen LogP contribution in [0.5, 0.6) is 5.75 Å². The second kappa shape index (κ2) is 5.88. The number of ether oxygens (including phenoxy) is 1. The van der Waals surface area contributed by atoms with Crippen molar-refractivity contribution in [2.24, 2.45) is 0 Å². The van der Waals surface area contributed by atoms with Crippen LogP contribution in [-0.2, 0) is 0 Å². The van der Waals surface area contributed by atoms with Crippen molar-refractivity contribution in [2.45, 2.75) is 13.0 Å². The Hall–Kier alpha value is -3.33. The fraction of sp³-hybridized carbons (Fsp3) is 0.0870. The molecule has 4 aromatic rings. The van der Waals surface area contributed by atoms with Crippen LogP contribution in [0, 0.1) is 6.92 Å². The second-order valence-electron chi connectivity index (χ2n) is 6.60. The van der Waals surface area contributed by atoms with E-state index in [2.05, 4.69) is 49.4 Å². The van der Waals surface area contributed by atoms with Crippen LogP contribution in [0.1, 0.15) is 22.8 Å². The Morgan fingerprint density at radius 2 is 1.58 bits per heavy atom. The number of rotatable bonds is 2. The summed E-state index contributed by atoms with van der Waals surface area (Å²) in [6.07, 6.45) is 1.78. The lowest BCUT2D eigenvalue weighted by molar-refractivity contribution is 0.243. The van der Waals surface area contributed by atoms with Crippen LogP contribution in [0.25, 0.3) is 16.9 Å². The molecule has 0 amide bonds. The molecule has 1 unspecified atom stereocenters. The van der Waals surface area contributed by atoms with Gasteiger partial charge in [0.2, 0.25) is 0 Å². The van der Waals surface area contributed by atoms with Crippen molar-refractivity contribution in [2.75, 3.05) is 0 Å². The average Bonchev–Trinajstić information content (AvgIpc) is 3.14. The number of aromatic nitrogens is 2. The minimum Gasteiger partial charge on any atom is -0.480 e. The molecule has 1 aliphatic rings. The highest BCUT2D eigenvalue weighted by Gasteiger charge is 2.31. The summed E-state index contributed by atoms with van der Waals surface area (Å²) >= 11 is 0. The summed E-state index contributed by atoms with van der Waals surface area (Å²) < 4.78 is 8.39. The third-order valence-corrected chi connectivity index (χ3v) is 4.85. The lowest BCUT2D eigenvalue weighted by Gasteiger charge is -2.27. The molecule has 0 fully saturated rings. The summed E-state index contributed by atoms with van der Waals surface area (Å²) in [5, 5.41) is 4.70. The summed E-state index contributed by atoms with van der Waals surface area (Å²) in [7, 11) is 0. The number of hydrogen-bond donors (Lipinski definition) is 0. The summed E-state index contributed by atoms with van der Waals surface area (Å²) in [4.78, 5) is 0. The van der Waals surface area contributed by atoms with E-state index < -0.39 is 0 Å². The van der Waals surface area contributed by atoms with Crippen LogP contribution in [-0.4, -0.2) is 9.78 Å². The molecule has 0 radical (unpaired) electrons. The molecule has 0 bridgehead atoms. The zero-order valence-electron chi connectivity index (χ0n) is 14.5. The molecule has 0 aliphatic carbocycles. The second-order valence-corrected chi connectivity index (χ2v) is 6.60. The lowest BCUT2D eigenvalue weighted by atomic mass is 9.94. The molecule has 0 spiro atoms. The van der Waals surface area contributed by atoms with Crippen molar-refractivity contribution in [1.29, 1.82) is 0 Å². The van der Waals surface area contributed by atoms with Gasteiger partial charge in [-0.3, -0.25) is 0 Å². The molecule has 3 aromatic carbocycles. The van der Waals surface area contributed by atoms with Gasteiger partial charge in [0.25, 0.3) is 0 Å². The maximum absolute atomic E-state index is 6.38. The largest absolute Gasteiger partial charge is 0.480 e. The molecule has 0 saturated carbocycles. The van der Waals surface area contributed by atoms with Crippen LogP contribution in [0.3, 0.4) is 0 Å². The number of benzene rings is 3. The highest BCUT2D eigenvalue weighted by atomic mass is 16.5. The predicted molar refractivity (Wildman–Crippen MR) is 103 cm³/mol. The van der Waals surface area contributed by atoms with E-state index in [1.165, 1.54) is 5.56 Å². The van der Waals surface area contributed by atoms with E-state index in [0.29, 0.717) is 0 Å². The van der Waals surface area contributed by atoms with E-state index in [1.54, 1.807) is 0 Å². The fourth-order valence-corrected chi connectivity index (χ4v) is 3.53. The van der Waals surface area contributed by atoms with E-state index in [9.17, 15) is 0 Å². The highest BCUT2D eigenvalue weighted by Crippen LogP contribution is 2.45. The van der Waals surface area contributed by atoms with Crippen molar-refractivity contribution in [1.82, 2.24) is 9.78 Å². The standard InChI is InChI=1S/C23H18N2O/c1-16-11-13-17(14-12-16)23-20-15-24-25(18-7-3-2-4-8-18)22(20)19-9-5-6-10-21(19)26-23/h2-15,23H,1H3. The van der Waals surface area contributed by atoms with E-state index in [4.69, 9.17) is 9.84 Å². The number of para-hydroxylation sites is 2. The van der Waals surface area contributed by atoms with Gasteiger partial charge in [-0.15, -0.1) is 0 Å². The van der Waals surface area contributed by atoms with Crippen LogP contribution < -0.4 is 4.74 Å². The van der Waals surface area contributed by atoms with Crippen molar-refractivity contribution in [3.63, 3.8) is 0 Å². The fourth-order valence-electron chi connectivity index (χ4n) is 3.53. The maximum Gasteiger partial charge on any atom is 0.153 e. The molecule has 2 heterocycles. The normalized spacial score (nSPS) is 15.0. The zero-order valence-corrected chi connectivity index (χ0v) is 14.5. The Bertz CT molecular complexity index is 1070. The van der Waals surface area contributed by atoms with Gasteiger partial charge in [-0.05, 0) is 36.8 Å². The Kier molecular flexibility index (Phi) is 3.39. The monoisotopic (exact) mass is 338 g/mol. The van der Waals surface area contributed by atoms with Gasteiger partial charge in [-0.25, -0.2) is 4.68 Å². The van der Waals surface area contributed by atoms with Crippen LogP contribution >= 0.6 is 0 Å². The van der Waals surface area contributed by atoms with Crippen molar-refractivity contribution >= 4 is 0 Å². The smallest absolute Gasteiger partial charge is 0.153 e. The Morgan fingerprint density at radius 1 is 0.846 bits per heavy atom. The lowest BCUT2D eigenvalue weighted by Crippen LogP contribution is -2.15. The molecular weight excluding hydrogens is 320 g/mol. The topological polar surface area (TPSA) is 27.1 Å². The first-order valence-electron chi connectivity index (χ1n) is 8.77. The van der Waals surface area contributed by atoms with Gasteiger partial charge in [0.05, 0.1) is 17.6 Å². The van der Waals surface area contributed by atoms with Crippen LogP contribution in [0.15, 0.2) is 85.1 Å². The van der Waals surface area contributed by atoms with Gasteiger partial charge < -0.3 is 4.74 Å². The molecule has 1 aromatic heterocycles. The van der Waals surface area contributed by atoms with Gasteiger partial charge in [0.1, 0.15) is 5.75 Å². The molecule has 1 atom stereocenters. The molecular formula is C23H18N2O. The molecule has 26 heavy (non-hydrogen) atoms. The molecule has 3 heteroatoms. The first kappa shape index (κ1) is 15.0. The first-order valence-corrected chi connectivity index (χ1v) is 8.77. The summed E-state index contributed by atoms with van der Waals surface area (Å²) in [6, 6.07) is 26.9. The number of fused-ring (bicyclic) bond motifs is 3. The molecule has 3 nitrogen and oxygen atoms in total. The predicted octanol–water partition coefficient (Wildman–Crippen LogP) is 5.33. The molecule has 1 aliphatic heterocycles. The minimum absolute atomic E-state index is 0.155. The summed E-state index contributed by atoms with van der Waals surface area (Å²) in [5.41, 5.74) is 6.70. The molecule has 0 N–H and O–H groups in total. The van der Waals surface area contributed by atoms with E-state index in [-0.39, 0.29) is 6.10 Å². The SMILES string of the molecule is Cc1ccc(C2Oc3ccccc3-c3c2cnn3-c2ccccc2)cc1. The van der Waals surface area contributed by atoms with E-state index in [1.807, 2.05) is 47.3 Å². The molecule has 0 saturated heterocycles. The van der Waals surface area contributed by atoms with E-state index >= 15 is 0 Å². The Morgan fingerprint density at radius 3 is 2.38 bits per heavy atom. The van der Waals surface area contributed by atoms with Crippen molar-refractivity contribution in [3.8, 4) is 22.7 Å². The Balaban J connectivity index is 1.73. The number of aryl methyl sites for hydroxylation is 1. The molecule has 5 rings (SSSR count). The third kappa shape index (κ3) is 2.32. The number of nitrogens with zero attached hydrogens (tertiary/aromatic N) is 2. The summed E-state index contributed by atoms with van der Waals surface area (Å²) in [6.45, 7) is 2.10. The van der Waals surface area contributed by atoms with Gasteiger partial charge in [0, 0.05) is 11.1 Å². The summed E-state index contributed by atoms with van der Waals surface area (Å²) in [5.74, 6) is 0.892. The van der Waals surface area contributed by atoms with Crippen LogP contribution in [0.2, 0.25) is 0 Å². The van der Waals surface area contributed by atoms with Gasteiger partial charge >= 0.3 is 0 Å². The van der Waals surface area contributed by atoms with Gasteiger partial charge in [-0.1, -0.05) is 60.2 Å². The van der Waals surface area contributed by atoms with Crippen molar-refractivity contribution in [3.05, 3.63) is 102 Å². The maximum atomic E-state index is 6.38. The minimum atomic E-state index is -0.155. The highest BCUT2D eigenvalue weighted by molar-refractivity contribution is 5.75. The van der Waals surface area contributed by atoms with Gasteiger partial charge in [0.15, 0.2) is 6.10 Å². The third-order valence-electron chi connectivity index (χ3n) is 4.85. The van der Waals surface area contributed by atoms with Gasteiger partial charge in [-0.2, -0.15) is 5.10 Å².